The molecule has 0 heterocycles. The van der Waals surface area contributed by atoms with Crippen LogP contribution in [0.2, 0.25) is 0 Å². The maximum Gasteiger partial charge on any atom is 0.120 e. The Kier molecular flexibility index (Phi) is 4.02. The number of hydrogen-bond donors (Lipinski definition) is 2. The van der Waals surface area contributed by atoms with E-state index in [0.29, 0.717) is 4.99 Å². The third kappa shape index (κ3) is 3.23. The van der Waals surface area contributed by atoms with E-state index in [4.69, 9.17) is 22.7 Å². The number of methoxy groups -OCH3 is 1. The molecular formula is C15H16N2OS. The van der Waals surface area contributed by atoms with E-state index in [0.717, 1.165) is 28.3 Å². The smallest absolute Gasteiger partial charge is 0.120 e. The Balaban J connectivity index is 2.25. The average Bonchev–Trinajstić information content (AvgIpc) is 2.41. The van der Waals surface area contributed by atoms with Crippen LogP contribution in [0, 0.1) is 6.92 Å². The van der Waals surface area contributed by atoms with Crippen LogP contribution in [0.4, 0.5) is 11.4 Å². The molecule has 0 radical (unpaired) electrons. The summed E-state index contributed by atoms with van der Waals surface area (Å²) in [6, 6.07) is 13.7. The molecule has 2 rings (SSSR count). The number of anilines is 2. The van der Waals surface area contributed by atoms with Gasteiger partial charge in [0.05, 0.1) is 7.11 Å². The lowest BCUT2D eigenvalue weighted by Gasteiger charge is -2.11. The molecule has 0 bridgehead atoms. The van der Waals surface area contributed by atoms with E-state index < -0.39 is 0 Å². The summed E-state index contributed by atoms with van der Waals surface area (Å²) in [5.74, 6) is 0.822. The van der Waals surface area contributed by atoms with Crippen LogP contribution in [0.1, 0.15) is 11.1 Å². The number of benzene rings is 2. The van der Waals surface area contributed by atoms with Crippen LogP contribution in [0.25, 0.3) is 0 Å². The first kappa shape index (κ1) is 13.4. The Bertz CT molecular complexity index is 611. The Morgan fingerprint density at radius 1 is 1.21 bits per heavy atom. The van der Waals surface area contributed by atoms with Crippen LogP contribution in [-0.2, 0) is 0 Å². The van der Waals surface area contributed by atoms with Gasteiger partial charge in [0.15, 0.2) is 0 Å². The van der Waals surface area contributed by atoms with Gasteiger partial charge in [0.2, 0.25) is 0 Å². The number of rotatable bonds is 4. The van der Waals surface area contributed by atoms with Crippen molar-refractivity contribution in [2.75, 3.05) is 12.4 Å². The van der Waals surface area contributed by atoms with Gasteiger partial charge >= 0.3 is 0 Å². The molecule has 0 spiro atoms. The molecule has 0 saturated carbocycles. The Morgan fingerprint density at radius 3 is 2.63 bits per heavy atom. The predicted octanol–water partition coefficient (Wildman–Crippen LogP) is 3.38. The minimum absolute atomic E-state index is 0.413. The number of ether oxygens (including phenoxy) is 1. The van der Waals surface area contributed by atoms with Gasteiger partial charge in [0.25, 0.3) is 0 Å². The summed E-state index contributed by atoms with van der Waals surface area (Å²) in [7, 11) is 1.65. The van der Waals surface area contributed by atoms with Crippen molar-refractivity contribution in [2.45, 2.75) is 6.92 Å². The Morgan fingerprint density at radius 2 is 2.00 bits per heavy atom. The Labute approximate surface area is 118 Å². The molecule has 0 unspecified atom stereocenters. The van der Waals surface area contributed by atoms with Crippen LogP contribution >= 0.6 is 12.2 Å². The van der Waals surface area contributed by atoms with Gasteiger partial charge in [-0.25, -0.2) is 0 Å². The van der Waals surface area contributed by atoms with Crippen molar-refractivity contribution >= 4 is 28.6 Å². The zero-order chi connectivity index (χ0) is 13.8. The maximum absolute atomic E-state index is 5.62. The van der Waals surface area contributed by atoms with Crippen LogP contribution in [0.5, 0.6) is 5.75 Å². The molecule has 0 aliphatic heterocycles. The summed E-state index contributed by atoms with van der Waals surface area (Å²) in [4.78, 5) is 0.413. The number of nitrogens with two attached hydrogens (primary N) is 1. The summed E-state index contributed by atoms with van der Waals surface area (Å²) < 4.78 is 5.20. The molecule has 3 nitrogen and oxygen atoms in total. The zero-order valence-electron chi connectivity index (χ0n) is 10.9. The van der Waals surface area contributed by atoms with Crippen molar-refractivity contribution in [3.63, 3.8) is 0 Å². The monoisotopic (exact) mass is 272 g/mol. The fourth-order valence-corrected chi connectivity index (χ4v) is 1.94. The molecule has 98 valence electrons. The topological polar surface area (TPSA) is 47.3 Å². The lowest BCUT2D eigenvalue weighted by atomic mass is 10.1. The van der Waals surface area contributed by atoms with E-state index in [1.54, 1.807) is 7.11 Å². The molecule has 2 aromatic rings. The lowest BCUT2D eigenvalue weighted by Crippen LogP contribution is -2.09. The van der Waals surface area contributed by atoms with E-state index in [2.05, 4.69) is 5.32 Å². The summed E-state index contributed by atoms with van der Waals surface area (Å²) >= 11 is 4.97. The minimum atomic E-state index is 0.413. The van der Waals surface area contributed by atoms with Gasteiger partial charge in [-0.1, -0.05) is 18.3 Å². The van der Waals surface area contributed by atoms with E-state index >= 15 is 0 Å². The summed E-state index contributed by atoms with van der Waals surface area (Å²) in [5, 5.41) is 3.35. The average molecular weight is 272 g/mol. The first-order valence-corrected chi connectivity index (χ1v) is 6.32. The second-order valence-corrected chi connectivity index (χ2v) is 4.69. The fourth-order valence-electron chi connectivity index (χ4n) is 1.81. The van der Waals surface area contributed by atoms with E-state index in [9.17, 15) is 0 Å². The highest BCUT2D eigenvalue weighted by molar-refractivity contribution is 7.80. The van der Waals surface area contributed by atoms with Gasteiger partial charge in [0.1, 0.15) is 10.7 Å². The number of hydrogen-bond acceptors (Lipinski definition) is 3. The number of aryl methyl sites for hydroxylation is 1. The first-order valence-electron chi connectivity index (χ1n) is 5.91. The quantitative estimate of drug-likeness (QED) is 0.838. The molecule has 3 N–H and O–H groups in total. The molecule has 0 fully saturated rings. The molecular weight excluding hydrogens is 256 g/mol. The molecule has 2 aromatic carbocycles. The summed E-state index contributed by atoms with van der Waals surface area (Å²) in [6.45, 7) is 2.02. The van der Waals surface area contributed by atoms with Crippen molar-refractivity contribution in [1.82, 2.24) is 0 Å². The van der Waals surface area contributed by atoms with Gasteiger partial charge < -0.3 is 15.8 Å². The van der Waals surface area contributed by atoms with Crippen LogP contribution < -0.4 is 15.8 Å². The molecule has 0 saturated heterocycles. The van der Waals surface area contributed by atoms with E-state index in [1.165, 1.54) is 0 Å². The highest BCUT2D eigenvalue weighted by atomic mass is 32.1. The van der Waals surface area contributed by atoms with Crippen molar-refractivity contribution in [3.8, 4) is 5.75 Å². The van der Waals surface area contributed by atoms with Crippen LogP contribution in [0.3, 0.4) is 0 Å². The van der Waals surface area contributed by atoms with Crippen molar-refractivity contribution in [1.29, 1.82) is 0 Å². The van der Waals surface area contributed by atoms with Gasteiger partial charge in [-0.15, -0.1) is 0 Å². The van der Waals surface area contributed by atoms with Crippen molar-refractivity contribution < 1.29 is 4.74 Å². The van der Waals surface area contributed by atoms with Crippen LogP contribution in [0.15, 0.2) is 42.5 Å². The molecule has 0 atom stereocenters. The number of nitrogens with one attached hydrogen (secondary N) is 1. The predicted molar refractivity (Wildman–Crippen MR) is 83.3 cm³/mol. The second kappa shape index (κ2) is 5.71. The van der Waals surface area contributed by atoms with Crippen LogP contribution in [-0.4, -0.2) is 12.1 Å². The second-order valence-electron chi connectivity index (χ2n) is 4.25. The SMILES string of the molecule is COc1cccc(Nc2ccc(C(N)=S)cc2C)c1. The highest BCUT2D eigenvalue weighted by Gasteiger charge is 2.03. The molecule has 0 amide bonds. The third-order valence-corrected chi connectivity index (χ3v) is 3.10. The molecule has 0 aliphatic rings. The normalized spacial score (nSPS) is 10.0. The van der Waals surface area contributed by atoms with Gasteiger partial charge in [-0.05, 0) is 42.8 Å². The third-order valence-electron chi connectivity index (χ3n) is 2.86. The number of thiocarbonyl (C=S) groups is 1. The largest absolute Gasteiger partial charge is 0.497 e. The van der Waals surface area contributed by atoms with Crippen molar-refractivity contribution in [2.24, 2.45) is 5.73 Å². The first-order chi connectivity index (χ1) is 9.10. The molecule has 0 aliphatic carbocycles. The summed E-state index contributed by atoms with van der Waals surface area (Å²) in [5.41, 5.74) is 9.59. The maximum atomic E-state index is 5.62. The molecule has 0 aromatic heterocycles. The standard InChI is InChI=1S/C15H16N2OS/c1-10-8-11(15(16)19)6-7-14(10)17-12-4-3-5-13(9-12)18-2/h3-9,17H,1-2H3,(H2,16,19). The van der Waals surface area contributed by atoms with E-state index in [1.807, 2.05) is 49.4 Å². The highest BCUT2D eigenvalue weighted by Crippen LogP contribution is 2.24. The molecule has 19 heavy (non-hydrogen) atoms. The lowest BCUT2D eigenvalue weighted by molar-refractivity contribution is 0.415. The Hall–Kier alpha value is -2.07. The fraction of sp³-hybridized carbons (Fsp3) is 0.133. The van der Waals surface area contributed by atoms with Crippen molar-refractivity contribution in [3.05, 3.63) is 53.6 Å². The molecule has 4 heteroatoms. The van der Waals surface area contributed by atoms with Gasteiger partial charge in [0, 0.05) is 23.0 Å². The minimum Gasteiger partial charge on any atom is -0.497 e. The van der Waals surface area contributed by atoms with Gasteiger partial charge in [-0.3, -0.25) is 0 Å². The van der Waals surface area contributed by atoms with Gasteiger partial charge in [-0.2, -0.15) is 0 Å². The zero-order valence-corrected chi connectivity index (χ0v) is 11.8. The summed E-state index contributed by atoms with van der Waals surface area (Å²) in [6.07, 6.45) is 0. The van der Waals surface area contributed by atoms with E-state index in [-0.39, 0.29) is 0 Å².